The van der Waals surface area contributed by atoms with Gasteiger partial charge in [0, 0.05) is 24.1 Å². The van der Waals surface area contributed by atoms with Crippen molar-refractivity contribution < 1.29 is 0 Å². The van der Waals surface area contributed by atoms with Crippen LogP contribution in [-0.2, 0) is 6.54 Å². The van der Waals surface area contributed by atoms with Gasteiger partial charge in [-0.05, 0) is 44.4 Å². The van der Waals surface area contributed by atoms with Crippen LogP contribution in [0.2, 0.25) is 0 Å². The fraction of sp³-hybridized carbons (Fsp3) is 0.615. The van der Waals surface area contributed by atoms with Gasteiger partial charge in [0.15, 0.2) is 0 Å². The van der Waals surface area contributed by atoms with E-state index in [0.29, 0.717) is 0 Å². The average Bonchev–Trinajstić information content (AvgIpc) is 2.66. The highest BCUT2D eigenvalue weighted by Crippen LogP contribution is 2.21. The van der Waals surface area contributed by atoms with Crippen LogP contribution in [0.4, 0.5) is 0 Å². The molecule has 0 aromatic carbocycles. The standard InChI is InChI=1S/C13H19BrN2/c1-11-3-2-4-13(15-11)10-16-8-6-12(9-16)5-7-14/h2-4,12H,5-10H2,1H3. The zero-order chi connectivity index (χ0) is 11.4. The predicted molar refractivity (Wildman–Crippen MR) is 70.8 cm³/mol. The molecule has 2 heterocycles. The zero-order valence-corrected chi connectivity index (χ0v) is 11.4. The Kier molecular flexibility index (Phi) is 4.36. The van der Waals surface area contributed by atoms with Crippen molar-refractivity contribution in [2.75, 3.05) is 18.4 Å². The number of rotatable bonds is 4. The lowest BCUT2D eigenvalue weighted by molar-refractivity contribution is 0.311. The Morgan fingerprint density at radius 3 is 3.12 bits per heavy atom. The smallest absolute Gasteiger partial charge is 0.0547 e. The molecule has 1 aliphatic rings. The summed E-state index contributed by atoms with van der Waals surface area (Å²) in [4.78, 5) is 7.08. The van der Waals surface area contributed by atoms with Gasteiger partial charge >= 0.3 is 0 Å². The first-order valence-corrected chi connectivity index (χ1v) is 7.11. The summed E-state index contributed by atoms with van der Waals surface area (Å²) in [5.74, 6) is 0.879. The highest BCUT2D eigenvalue weighted by atomic mass is 79.9. The third kappa shape index (κ3) is 3.29. The fourth-order valence-corrected chi connectivity index (χ4v) is 3.01. The first-order valence-electron chi connectivity index (χ1n) is 5.99. The molecule has 1 fully saturated rings. The molecule has 0 aliphatic carbocycles. The normalized spacial score (nSPS) is 21.5. The molecular weight excluding hydrogens is 264 g/mol. The number of hydrogen-bond donors (Lipinski definition) is 0. The van der Waals surface area contributed by atoms with Crippen LogP contribution >= 0.6 is 15.9 Å². The number of likely N-dealkylation sites (tertiary alicyclic amines) is 1. The van der Waals surface area contributed by atoms with E-state index < -0.39 is 0 Å². The lowest BCUT2D eigenvalue weighted by Gasteiger charge is -2.15. The van der Waals surface area contributed by atoms with Gasteiger partial charge in [-0.15, -0.1) is 0 Å². The number of pyridine rings is 1. The van der Waals surface area contributed by atoms with E-state index in [4.69, 9.17) is 0 Å². The molecule has 16 heavy (non-hydrogen) atoms. The van der Waals surface area contributed by atoms with Crippen molar-refractivity contribution in [3.8, 4) is 0 Å². The van der Waals surface area contributed by atoms with E-state index in [1.807, 2.05) is 0 Å². The van der Waals surface area contributed by atoms with E-state index in [0.717, 1.165) is 23.5 Å². The minimum Gasteiger partial charge on any atom is -0.297 e. The van der Waals surface area contributed by atoms with Crippen LogP contribution < -0.4 is 0 Å². The summed E-state index contributed by atoms with van der Waals surface area (Å²) in [5, 5.41) is 1.13. The minimum atomic E-state index is 0.879. The van der Waals surface area contributed by atoms with Crippen LogP contribution in [0.15, 0.2) is 18.2 Å². The molecule has 0 amide bonds. The Morgan fingerprint density at radius 1 is 1.50 bits per heavy atom. The van der Waals surface area contributed by atoms with Gasteiger partial charge in [0.05, 0.1) is 5.69 Å². The van der Waals surface area contributed by atoms with Crippen LogP contribution in [-0.4, -0.2) is 28.3 Å². The first kappa shape index (κ1) is 12.1. The largest absolute Gasteiger partial charge is 0.297 e. The predicted octanol–water partition coefficient (Wildman–Crippen LogP) is 3.00. The highest BCUT2D eigenvalue weighted by molar-refractivity contribution is 9.09. The van der Waals surface area contributed by atoms with Gasteiger partial charge in [-0.25, -0.2) is 0 Å². The first-order chi connectivity index (χ1) is 7.78. The lowest BCUT2D eigenvalue weighted by Crippen LogP contribution is -2.21. The van der Waals surface area contributed by atoms with Gasteiger partial charge in [0.25, 0.3) is 0 Å². The van der Waals surface area contributed by atoms with Crippen molar-refractivity contribution in [1.82, 2.24) is 9.88 Å². The zero-order valence-electron chi connectivity index (χ0n) is 9.82. The third-order valence-corrected chi connectivity index (χ3v) is 3.68. The van der Waals surface area contributed by atoms with Crippen LogP contribution in [0.5, 0.6) is 0 Å². The van der Waals surface area contributed by atoms with E-state index in [1.54, 1.807) is 0 Å². The number of halogens is 1. The van der Waals surface area contributed by atoms with E-state index in [9.17, 15) is 0 Å². The molecule has 1 atom stereocenters. The summed E-state index contributed by atoms with van der Waals surface area (Å²) in [5.41, 5.74) is 2.33. The second-order valence-electron chi connectivity index (χ2n) is 4.64. The Morgan fingerprint density at radius 2 is 2.38 bits per heavy atom. The molecule has 1 aromatic heterocycles. The molecule has 1 aliphatic heterocycles. The molecule has 3 heteroatoms. The summed E-state index contributed by atoms with van der Waals surface area (Å²) in [7, 11) is 0. The monoisotopic (exact) mass is 282 g/mol. The van der Waals surface area contributed by atoms with E-state index in [-0.39, 0.29) is 0 Å². The summed E-state index contributed by atoms with van der Waals surface area (Å²) >= 11 is 3.52. The lowest BCUT2D eigenvalue weighted by atomic mass is 10.1. The van der Waals surface area contributed by atoms with Gasteiger partial charge in [0.2, 0.25) is 0 Å². The van der Waals surface area contributed by atoms with Crippen molar-refractivity contribution in [3.05, 3.63) is 29.6 Å². The molecule has 1 aromatic rings. The van der Waals surface area contributed by atoms with Crippen LogP contribution in [0.1, 0.15) is 24.2 Å². The topological polar surface area (TPSA) is 16.1 Å². The summed E-state index contributed by atoms with van der Waals surface area (Å²) < 4.78 is 0. The van der Waals surface area contributed by atoms with E-state index in [2.05, 4.69) is 50.9 Å². The number of hydrogen-bond acceptors (Lipinski definition) is 2. The molecule has 2 nitrogen and oxygen atoms in total. The summed E-state index contributed by atoms with van der Waals surface area (Å²) in [6.07, 6.45) is 2.65. The van der Waals surface area contributed by atoms with Crippen molar-refractivity contribution in [3.63, 3.8) is 0 Å². The molecule has 1 unspecified atom stereocenters. The maximum absolute atomic E-state index is 4.56. The van der Waals surface area contributed by atoms with Gasteiger partial charge in [0.1, 0.15) is 0 Å². The Balaban J connectivity index is 1.87. The van der Waals surface area contributed by atoms with Gasteiger partial charge in [-0.1, -0.05) is 22.0 Å². The van der Waals surface area contributed by atoms with E-state index >= 15 is 0 Å². The van der Waals surface area contributed by atoms with E-state index in [1.165, 1.54) is 31.6 Å². The molecule has 0 bridgehead atoms. The number of nitrogens with zero attached hydrogens (tertiary/aromatic N) is 2. The molecule has 0 radical (unpaired) electrons. The Hall–Kier alpha value is -0.410. The molecule has 0 spiro atoms. The van der Waals surface area contributed by atoms with Crippen molar-refractivity contribution in [2.45, 2.75) is 26.3 Å². The second kappa shape index (κ2) is 5.78. The van der Waals surface area contributed by atoms with Gasteiger partial charge in [-0.3, -0.25) is 9.88 Å². The van der Waals surface area contributed by atoms with Crippen LogP contribution in [0.25, 0.3) is 0 Å². The molecule has 2 rings (SSSR count). The third-order valence-electron chi connectivity index (χ3n) is 3.22. The number of aryl methyl sites for hydroxylation is 1. The minimum absolute atomic E-state index is 0.879. The highest BCUT2D eigenvalue weighted by Gasteiger charge is 2.21. The van der Waals surface area contributed by atoms with Crippen LogP contribution in [0, 0.1) is 12.8 Å². The van der Waals surface area contributed by atoms with Gasteiger partial charge < -0.3 is 0 Å². The van der Waals surface area contributed by atoms with Crippen molar-refractivity contribution >= 4 is 15.9 Å². The molecular formula is C13H19BrN2. The molecule has 1 saturated heterocycles. The van der Waals surface area contributed by atoms with Crippen molar-refractivity contribution in [1.29, 1.82) is 0 Å². The number of alkyl halides is 1. The maximum Gasteiger partial charge on any atom is 0.0547 e. The second-order valence-corrected chi connectivity index (χ2v) is 5.43. The van der Waals surface area contributed by atoms with Crippen molar-refractivity contribution in [2.24, 2.45) is 5.92 Å². The fourth-order valence-electron chi connectivity index (χ4n) is 2.36. The Labute approximate surface area is 106 Å². The van der Waals surface area contributed by atoms with Crippen LogP contribution in [0.3, 0.4) is 0 Å². The quantitative estimate of drug-likeness (QED) is 0.790. The molecule has 0 saturated carbocycles. The average molecular weight is 283 g/mol. The maximum atomic E-state index is 4.56. The van der Waals surface area contributed by atoms with Gasteiger partial charge in [-0.2, -0.15) is 0 Å². The Bertz CT molecular complexity index is 340. The molecule has 0 N–H and O–H groups in total. The summed E-state index contributed by atoms with van der Waals surface area (Å²) in [6.45, 7) is 5.54. The summed E-state index contributed by atoms with van der Waals surface area (Å²) in [6, 6.07) is 6.29. The number of aromatic nitrogens is 1. The SMILES string of the molecule is Cc1cccc(CN2CCC(CCBr)C2)n1. The molecule has 88 valence electrons.